The molecule has 0 unspecified atom stereocenters. The van der Waals surface area contributed by atoms with Gasteiger partial charge in [0.15, 0.2) is 5.84 Å². The van der Waals surface area contributed by atoms with Gasteiger partial charge < -0.3 is 20.4 Å². The number of methoxy groups -OCH3 is 1. The minimum Gasteiger partial charge on any atom is -0.487 e. The van der Waals surface area contributed by atoms with Gasteiger partial charge in [-0.05, 0) is 24.6 Å². The molecule has 2 rings (SSSR count). The summed E-state index contributed by atoms with van der Waals surface area (Å²) in [4.78, 5) is 4.27. The zero-order valence-corrected chi connectivity index (χ0v) is 11.9. The molecule has 1 aromatic heterocycles. The van der Waals surface area contributed by atoms with E-state index in [4.69, 9.17) is 20.4 Å². The molecule has 3 N–H and O–H groups in total. The predicted octanol–water partition coefficient (Wildman–Crippen LogP) is 2.07. The van der Waals surface area contributed by atoms with Crippen LogP contribution in [-0.4, -0.2) is 23.1 Å². The van der Waals surface area contributed by atoms with Crippen LogP contribution >= 0.6 is 0 Å². The van der Waals surface area contributed by atoms with Crippen molar-refractivity contribution in [2.24, 2.45) is 10.9 Å². The van der Waals surface area contributed by atoms with Crippen molar-refractivity contribution in [1.29, 1.82) is 0 Å². The predicted molar refractivity (Wildman–Crippen MR) is 78.8 cm³/mol. The summed E-state index contributed by atoms with van der Waals surface area (Å²) in [5.41, 5.74) is 7.87. The summed E-state index contributed by atoms with van der Waals surface area (Å²) in [5, 5.41) is 11.7. The Balaban J connectivity index is 2.15. The lowest BCUT2D eigenvalue weighted by Gasteiger charge is -2.11. The molecule has 0 fully saturated rings. The Hall–Kier alpha value is -2.76. The maximum Gasteiger partial charge on any atom is 0.213 e. The third kappa shape index (κ3) is 3.62. The lowest BCUT2D eigenvalue weighted by atomic mass is 10.1. The van der Waals surface area contributed by atoms with Gasteiger partial charge in [0.05, 0.1) is 12.8 Å². The monoisotopic (exact) mass is 287 g/mol. The molecule has 0 bridgehead atoms. The summed E-state index contributed by atoms with van der Waals surface area (Å²) in [5.74, 6) is 1.24. The van der Waals surface area contributed by atoms with E-state index >= 15 is 0 Å². The summed E-state index contributed by atoms with van der Waals surface area (Å²) in [6, 6.07) is 10.8. The van der Waals surface area contributed by atoms with Crippen LogP contribution in [0.25, 0.3) is 0 Å². The quantitative estimate of drug-likeness (QED) is 0.380. The fourth-order valence-corrected chi connectivity index (χ4v) is 1.78. The van der Waals surface area contributed by atoms with Crippen LogP contribution in [0.15, 0.2) is 41.6 Å². The molecule has 6 nitrogen and oxygen atoms in total. The Kier molecular flexibility index (Phi) is 4.61. The highest BCUT2D eigenvalue weighted by molar-refractivity contribution is 5.97. The van der Waals surface area contributed by atoms with E-state index in [0.29, 0.717) is 23.8 Å². The topological polar surface area (TPSA) is 90.0 Å². The number of benzene rings is 1. The number of aryl methyl sites for hydroxylation is 1. The number of pyridine rings is 1. The molecule has 0 radical (unpaired) electrons. The van der Waals surface area contributed by atoms with Crippen molar-refractivity contribution in [3.8, 4) is 11.6 Å². The molecule has 6 heteroatoms. The molecule has 1 aromatic carbocycles. The number of aromatic nitrogens is 1. The van der Waals surface area contributed by atoms with Crippen LogP contribution in [0.2, 0.25) is 0 Å². The number of hydrogen-bond donors (Lipinski definition) is 2. The van der Waals surface area contributed by atoms with Gasteiger partial charge in [0.1, 0.15) is 12.4 Å². The van der Waals surface area contributed by atoms with E-state index in [9.17, 15) is 0 Å². The molecule has 110 valence electrons. The van der Waals surface area contributed by atoms with E-state index in [1.165, 1.54) is 0 Å². The molecule has 0 spiro atoms. The number of nitrogens with zero attached hydrogens (tertiary/aromatic N) is 2. The van der Waals surface area contributed by atoms with Crippen LogP contribution < -0.4 is 15.2 Å². The fourth-order valence-electron chi connectivity index (χ4n) is 1.78. The number of oxime groups is 1. The fraction of sp³-hybridized carbons (Fsp3) is 0.200. The molecule has 0 aliphatic heterocycles. The first-order valence-corrected chi connectivity index (χ1v) is 6.35. The summed E-state index contributed by atoms with van der Waals surface area (Å²) < 4.78 is 10.8. The molecular formula is C15H17N3O3. The first kappa shape index (κ1) is 14.6. The van der Waals surface area contributed by atoms with Crippen LogP contribution in [-0.2, 0) is 6.61 Å². The largest absolute Gasteiger partial charge is 0.487 e. The summed E-state index contributed by atoms with van der Waals surface area (Å²) >= 11 is 0. The second-order valence-corrected chi connectivity index (χ2v) is 4.43. The average molecular weight is 287 g/mol. The SMILES string of the molecule is COc1cccc(COc2cc(/C(N)=N/O)ccc2C)n1. The zero-order valence-electron chi connectivity index (χ0n) is 11.9. The Bertz CT molecular complexity index is 656. The van der Waals surface area contributed by atoms with Crippen LogP contribution in [0.3, 0.4) is 0 Å². The molecule has 0 saturated heterocycles. The van der Waals surface area contributed by atoms with Crippen LogP contribution in [0.1, 0.15) is 16.8 Å². The summed E-state index contributed by atoms with van der Waals surface area (Å²) in [6.45, 7) is 2.22. The van der Waals surface area contributed by atoms with Gasteiger partial charge in [-0.15, -0.1) is 0 Å². The highest BCUT2D eigenvalue weighted by Gasteiger charge is 2.06. The Morgan fingerprint density at radius 3 is 2.86 bits per heavy atom. The number of hydrogen-bond acceptors (Lipinski definition) is 5. The normalized spacial score (nSPS) is 11.2. The first-order chi connectivity index (χ1) is 10.1. The number of rotatable bonds is 5. The average Bonchev–Trinajstić information content (AvgIpc) is 2.53. The maximum absolute atomic E-state index is 8.71. The second kappa shape index (κ2) is 6.60. The van der Waals surface area contributed by atoms with Gasteiger partial charge >= 0.3 is 0 Å². The second-order valence-electron chi connectivity index (χ2n) is 4.43. The van der Waals surface area contributed by atoms with Gasteiger partial charge in [0.2, 0.25) is 5.88 Å². The van der Waals surface area contributed by atoms with E-state index in [0.717, 1.165) is 11.3 Å². The van der Waals surface area contributed by atoms with Crippen molar-refractivity contribution in [1.82, 2.24) is 4.98 Å². The van der Waals surface area contributed by atoms with Gasteiger partial charge in [0.25, 0.3) is 0 Å². The van der Waals surface area contributed by atoms with E-state index in [1.807, 2.05) is 25.1 Å². The molecule has 1 heterocycles. The maximum atomic E-state index is 8.71. The van der Waals surface area contributed by atoms with Crippen LogP contribution in [0.4, 0.5) is 0 Å². The van der Waals surface area contributed by atoms with E-state index in [1.54, 1.807) is 25.3 Å². The van der Waals surface area contributed by atoms with E-state index in [-0.39, 0.29) is 5.84 Å². The Morgan fingerprint density at radius 2 is 2.14 bits per heavy atom. The first-order valence-electron chi connectivity index (χ1n) is 6.35. The Labute approximate surface area is 122 Å². The van der Waals surface area contributed by atoms with E-state index < -0.39 is 0 Å². The molecular weight excluding hydrogens is 270 g/mol. The third-order valence-corrected chi connectivity index (χ3v) is 2.96. The van der Waals surface area contributed by atoms with E-state index in [2.05, 4.69) is 10.1 Å². The van der Waals surface area contributed by atoms with Gasteiger partial charge in [0, 0.05) is 11.6 Å². The number of ether oxygens (including phenoxy) is 2. The van der Waals surface area contributed by atoms with Gasteiger partial charge in [-0.3, -0.25) is 0 Å². The molecule has 0 amide bonds. The highest BCUT2D eigenvalue weighted by atomic mass is 16.5. The summed E-state index contributed by atoms with van der Waals surface area (Å²) in [7, 11) is 1.57. The van der Waals surface area contributed by atoms with Crippen molar-refractivity contribution in [2.45, 2.75) is 13.5 Å². The molecule has 0 atom stereocenters. The minimum absolute atomic E-state index is 0.0411. The van der Waals surface area contributed by atoms with Crippen molar-refractivity contribution in [3.05, 3.63) is 53.2 Å². The number of amidine groups is 1. The van der Waals surface area contributed by atoms with Gasteiger partial charge in [-0.25, -0.2) is 4.98 Å². The number of nitrogens with two attached hydrogens (primary N) is 1. The smallest absolute Gasteiger partial charge is 0.213 e. The van der Waals surface area contributed by atoms with Gasteiger partial charge in [-0.2, -0.15) is 0 Å². The Morgan fingerprint density at radius 1 is 1.33 bits per heavy atom. The van der Waals surface area contributed by atoms with Gasteiger partial charge in [-0.1, -0.05) is 23.4 Å². The highest BCUT2D eigenvalue weighted by Crippen LogP contribution is 2.21. The van der Waals surface area contributed by atoms with Crippen molar-refractivity contribution < 1.29 is 14.7 Å². The van der Waals surface area contributed by atoms with Crippen molar-refractivity contribution >= 4 is 5.84 Å². The molecule has 0 aliphatic rings. The molecule has 2 aromatic rings. The third-order valence-electron chi connectivity index (χ3n) is 2.96. The summed E-state index contributed by atoms with van der Waals surface area (Å²) in [6.07, 6.45) is 0. The molecule has 0 aliphatic carbocycles. The van der Waals surface area contributed by atoms with Crippen LogP contribution in [0, 0.1) is 6.92 Å². The van der Waals surface area contributed by atoms with Crippen molar-refractivity contribution in [3.63, 3.8) is 0 Å². The van der Waals surface area contributed by atoms with Crippen molar-refractivity contribution in [2.75, 3.05) is 7.11 Å². The lowest BCUT2D eigenvalue weighted by Crippen LogP contribution is -2.13. The molecule has 0 saturated carbocycles. The zero-order chi connectivity index (χ0) is 15.2. The molecule has 21 heavy (non-hydrogen) atoms. The standard InChI is InChI=1S/C15H17N3O3/c1-10-6-7-11(15(16)18-19)8-13(10)21-9-12-4-3-5-14(17-12)20-2/h3-8,19H,9H2,1-2H3,(H2,16,18). The minimum atomic E-state index is 0.0411. The lowest BCUT2D eigenvalue weighted by molar-refractivity contribution is 0.296. The van der Waals surface area contributed by atoms with Crippen LogP contribution in [0.5, 0.6) is 11.6 Å².